The second-order valence-electron chi connectivity index (χ2n) is 6.24. The number of amides is 1. The van der Waals surface area contributed by atoms with Crippen LogP contribution in [-0.4, -0.2) is 42.9 Å². The van der Waals surface area contributed by atoms with Crippen molar-refractivity contribution in [3.8, 4) is 0 Å². The molecule has 1 amide bonds. The lowest BCUT2D eigenvalue weighted by atomic mass is 10.1. The Morgan fingerprint density at radius 3 is 2.41 bits per heavy atom. The number of nitrogens with one attached hydrogen (secondary N) is 1. The van der Waals surface area contributed by atoms with Crippen LogP contribution in [-0.2, 0) is 17.8 Å². The fourth-order valence-corrected chi connectivity index (χ4v) is 3.45. The first-order valence-corrected chi connectivity index (χ1v) is 9.70. The van der Waals surface area contributed by atoms with Gasteiger partial charge in [0.05, 0.1) is 13.2 Å². The van der Waals surface area contributed by atoms with E-state index in [2.05, 4.69) is 16.3 Å². The molecule has 1 heterocycles. The molecule has 0 unspecified atom stereocenters. The summed E-state index contributed by atoms with van der Waals surface area (Å²) in [4.78, 5) is 15.1. The number of ether oxygens (including phenoxy) is 1. The van der Waals surface area contributed by atoms with Gasteiger partial charge in [-0.3, -0.25) is 9.69 Å². The van der Waals surface area contributed by atoms with E-state index in [1.54, 1.807) is 12.1 Å². The minimum atomic E-state index is -2.47. The van der Waals surface area contributed by atoms with Gasteiger partial charge in [-0.15, -0.1) is 0 Å². The van der Waals surface area contributed by atoms with Crippen LogP contribution in [0, 0.1) is 0 Å². The molecule has 1 N–H and O–H groups in total. The molecule has 1 aliphatic rings. The molecule has 144 valence electrons. The largest absolute Gasteiger partial charge is 0.379 e. The first-order valence-electron chi connectivity index (χ1n) is 8.82. The van der Waals surface area contributed by atoms with E-state index in [1.165, 1.54) is 17.7 Å². The average molecular weight is 392 g/mol. The van der Waals surface area contributed by atoms with Crippen molar-refractivity contribution in [3.63, 3.8) is 0 Å². The predicted octanol–water partition coefficient (Wildman–Crippen LogP) is 3.76. The van der Waals surface area contributed by atoms with E-state index in [0.29, 0.717) is 28.8 Å². The van der Waals surface area contributed by atoms with Crippen molar-refractivity contribution in [2.45, 2.75) is 23.7 Å². The summed E-state index contributed by atoms with van der Waals surface area (Å²) in [5, 5.41) is 2.92. The topological polar surface area (TPSA) is 41.6 Å². The van der Waals surface area contributed by atoms with Gasteiger partial charge in [0.15, 0.2) is 0 Å². The summed E-state index contributed by atoms with van der Waals surface area (Å²) in [6, 6.07) is 14.3. The minimum Gasteiger partial charge on any atom is -0.379 e. The number of benzene rings is 2. The van der Waals surface area contributed by atoms with Crippen LogP contribution in [0.1, 0.15) is 21.5 Å². The second-order valence-corrected chi connectivity index (χ2v) is 7.31. The maximum absolute atomic E-state index is 12.4. The maximum Gasteiger partial charge on any atom is 0.288 e. The third-order valence-corrected chi connectivity index (χ3v) is 5.12. The SMILES string of the molecule is O=C(NCc1ccccc1CN1CCOCC1)c1ccc(SC(F)F)cc1. The lowest BCUT2D eigenvalue weighted by molar-refractivity contribution is 0.0340. The van der Waals surface area contributed by atoms with Gasteiger partial charge in [0.1, 0.15) is 0 Å². The highest BCUT2D eigenvalue weighted by molar-refractivity contribution is 7.99. The Balaban J connectivity index is 1.58. The van der Waals surface area contributed by atoms with E-state index in [1.807, 2.05) is 18.2 Å². The van der Waals surface area contributed by atoms with Crippen LogP contribution in [0.5, 0.6) is 0 Å². The van der Waals surface area contributed by atoms with E-state index >= 15 is 0 Å². The van der Waals surface area contributed by atoms with Crippen molar-refractivity contribution >= 4 is 17.7 Å². The zero-order chi connectivity index (χ0) is 19.1. The Morgan fingerprint density at radius 1 is 1.07 bits per heavy atom. The average Bonchev–Trinajstić information content (AvgIpc) is 2.68. The molecule has 0 aromatic heterocycles. The van der Waals surface area contributed by atoms with Crippen LogP contribution in [0.4, 0.5) is 8.78 Å². The van der Waals surface area contributed by atoms with Crippen molar-refractivity contribution in [1.82, 2.24) is 10.2 Å². The van der Waals surface area contributed by atoms with Crippen LogP contribution in [0.15, 0.2) is 53.4 Å². The number of hydrogen-bond donors (Lipinski definition) is 1. The van der Waals surface area contributed by atoms with Crippen LogP contribution >= 0.6 is 11.8 Å². The van der Waals surface area contributed by atoms with Crippen LogP contribution in [0.25, 0.3) is 0 Å². The first kappa shape index (κ1) is 19.8. The molecule has 1 saturated heterocycles. The summed E-state index contributed by atoms with van der Waals surface area (Å²) < 4.78 is 30.1. The highest BCUT2D eigenvalue weighted by atomic mass is 32.2. The monoisotopic (exact) mass is 392 g/mol. The quantitative estimate of drug-likeness (QED) is 0.729. The number of alkyl halides is 2. The van der Waals surface area contributed by atoms with E-state index in [-0.39, 0.29) is 5.91 Å². The fraction of sp³-hybridized carbons (Fsp3) is 0.350. The summed E-state index contributed by atoms with van der Waals surface area (Å²) in [5.74, 6) is -2.68. The highest BCUT2D eigenvalue weighted by Crippen LogP contribution is 2.25. The van der Waals surface area contributed by atoms with Gasteiger partial charge >= 0.3 is 0 Å². The summed E-state index contributed by atoms with van der Waals surface area (Å²) in [5.41, 5.74) is 2.71. The molecule has 1 fully saturated rings. The Kier molecular flexibility index (Phi) is 7.20. The number of halogens is 2. The third-order valence-electron chi connectivity index (χ3n) is 4.40. The van der Waals surface area contributed by atoms with Crippen LogP contribution in [0.2, 0.25) is 0 Å². The van der Waals surface area contributed by atoms with Crippen molar-refractivity contribution in [3.05, 3.63) is 65.2 Å². The van der Waals surface area contributed by atoms with Gasteiger partial charge in [-0.1, -0.05) is 36.0 Å². The van der Waals surface area contributed by atoms with E-state index in [0.717, 1.165) is 38.4 Å². The Morgan fingerprint density at radius 2 is 1.74 bits per heavy atom. The van der Waals surface area contributed by atoms with Crippen LogP contribution in [0.3, 0.4) is 0 Å². The van der Waals surface area contributed by atoms with Gasteiger partial charge < -0.3 is 10.1 Å². The Labute approximate surface area is 161 Å². The Bertz CT molecular complexity index is 750. The third kappa shape index (κ3) is 6.02. The molecule has 4 nitrogen and oxygen atoms in total. The van der Waals surface area contributed by atoms with Crippen molar-refractivity contribution in [1.29, 1.82) is 0 Å². The number of rotatable bonds is 7. The molecule has 7 heteroatoms. The van der Waals surface area contributed by atoms with Gasteiger partial charge in [-0.2, -0.15) is 8.78 Å². The summed E-state index contributed by atoms with van der Waals surface area (Å²) >= 11 is 0.469. The Hall–Kier alpha value is -1.96. The predicted molar refractivity (Wildman–Crippen MR) is 102 cm³/mol. The molecule has 0 atom stereocenters. The second kappa shape index (κ2) is 9.82. The first-order chi connectivity index (χ1) is 13.1. The molecule has 2 aromatic rings. The number of hydrogen-bond acceptors (Lipinski definition) is 4. The molecule has 0 radical (unpaired) electrons. The number of morpholine rings is 1. The smallest absolute Gasteiger partial charge is 0.288 e. The molecule has 0 aliphatic carbocycles. The highest BCUT2D eigenvalue weighted by Gasteiger charge is 2.13. The molecule has 0 spiro atoms. The summed E-state index contributed by atoms with van der Waals surface area (Å²) in [6.07, 6.45) is 0. The molecule has 0 bridgehead atoms. The summed E-state index contributed by atoms with van der Waals surface area (Å²) in [7, 11) is 0. The molecular weight excluding hydrogens is 370 g/mol. The van der Waals surface area contributed by atoms with Gasteiger partial charge in [0.25, 0.3) is 11.7 Å². The van der Waals surface area contributed by atoms with E-state index in [4.69, 9.17) is 4.74 Å². The summed E-state index contributed by atoms with van der Waals surface area (Å²) in [6.45, 7) is 4.56. The van der Waals surface area contributed by atoms with Gasteiger partial charge in [-0.05, 0) is 35.4 Å². The lowest BCUT2D eigenvalue weighted by Crippen LogP contribution is -2.36. The molecule has 0 saturated carbocycles. The van der Waals surface area contributed by atoms with Crippen molar-refractivity contribution in [2.24, 2.45) is 0 Å². The van der Waals surface area contributed by atoms with Crippen molar-refractivity contribution < 1.29 is 18.3 Å². The number of carbonyl (C=O) groups excluding carboxylic acids is 1. The minimum absolute atomic E-state index is 0.218. The number of nitrogens with zero attached hydrogens (tertiary/aromatic N) is 1. The maximum atomic E-state index is 12.4. The van der Waals surface area contributed by atoms with Gasteiger partial charge in [-0.25, -0.2) is 0 Å². The van der Waals surface area contributed by atoms with Crippen LogP contribution < -0.4 is 5.32 Å². The van der Waals surface area contributed by atoms with E-state index in [9.17, 15) is 13.6 Å². The molecule has 1 aliphatic heterocycles. The lowest BCUT2D eigenvalue weighted by Gasteiger charge is -2.27. The standard InChI is InChI=1S/C20H22F2N2O2S/c21-20(22)27-18-7-5-15(6-8-18)19(25)23-13-16-3-1-2-4-17(16)14-24-9-11-26-12-10-24/h1-8,20H,9-14H2,(H,23,25). The van der Waals surface area contributed by atoms with Gasteiger partial charge in [0, 0.05) is 36.6 Å². The van der Waals surface area contributed by atoms with E-state index < -0.39 is 5.76 Å². The molecule has 27 heavy (non-hydrogen) atoms. The zero-order valence-electron chi connectivity index (χ0n) is 14.9. The fourth-order valence-electron chi connectivity index (χ4n) is 2.95. The number of thioether (sulfide) groups is 1. The number of carbonyl (C=O) groups is 1. The van der Waals surface area contributed by atoms with Gasteiger partial charge in [0.2, 0.25) is 0 Å². The molecule has 2 aromatic carbocycles. The van der Waals surface area contributed by atoms with Crippen molar-refractivity contribution in [2.75, 3.05) is 26.3 Å². The molecular formula is C20H22F2N2O2S. The normalized spacial score (nSPS) is 15.1. The zero-order valence-corrected chi connectivity index (χ0v) is 15.7. The molecule has 3 rings (SSSR count).